The summed E-state index contributed by atoms with van der Waals surface area (Å²) in [6.07, 6.45) is 7.63. The highest BCUT2D eigenvalue weighted by Gasteiger charge is 2.00. The molecule has 0 aromatic heterocycles. The molecule has 1 nitrogen and oxygen atoms in total. The molecule has 0 N–H and O–H groups in total. The predicted octanol–water partition coefficient (Wildman–Crippen LogP) is 5.47. The summed E-state index contributed by atoms with van der Waals surface area (Å²) in [7, 11) is 0. The minimum Gasteiger partial charge on any atom is -0.377 e. The second-order valence-corrected chi connectivity index (χ2v) is 5.42. The first kappa shape index (κ1) is 15.6. The molecule has 102 valence electrons. The highest BCUT2D eigenvalue weighted by Crippen LogP contribution is 2.17. The molecule has 18 heavy (non-hydrogen) atoms. The molecule has 0 aliphatic heterocycles. The zero-order valence-corrected chi connectivity index (χ0v) is 12.6. The molecule has 1 aromatic carbocycles. The smallest absolute Gasteiger partial charge is 0.137 e. The van der Waals surface area contributed by atoms with Crippen LogP contribution in [-0.2, 0) is 11.3 Å². The van der Waals surface area contributed by atoms with Gasteiger partial charge < -0.3 is 4.74 Å². The Labute approximate surface area is 118 Å². The van der Waals surface area contributed by atoms with Crippen molar-refractivity contribution in [3.63, 3.8) is 0 Å². The Kier molecular flexibility index (Phi) is 8.27. The van der Waals surface area contributed by atoms with Gasteiger partial charge in [0.1, 0.15) is 5.82 Å². The molecule has 0 amide bonds. The van der Waals surface area contributed by atoms with Gasteiger partial charge in [0.05, 0.1) is 11.1 Å². The van der Waals surface area contributed by atoms with Gasteiger partial charge in [0, 0.05) is 6.61 Å². The van der Waals surface area contributed by atoms with Crippen molar-refractivity contribution < 1.29 is 9.13 Å². The molecule has 0 unspecified atom stereocenters. The van der Waals surface area contributed by atoms with Gasteiger partial charge in [-0.25, -0.2) is 4.39 Å². The largest absolute Gasteiger partial charge is 0.377 e. The van der Waals surface area contributed by atoms with E-state index in [2.05, 4.69) is 22.9 Å². The average molecular weight is 317 g/mol. The van der Waals surface area contributed by atoms with E-state index in [1.54, 1.807) is 12.1 Å². The first-order chi connectivity index (χ1) is 8.74. The maximum absolute atomic E-state index is 13.0. The molecule has 3 heteroatoms. The number of benzene rings is 1. The predicted molar refractivity (Wildman–Crippen MR) is 77.1 cm³/mol. The lowest BCUT2D eigenvalue weighted by Gasteiger charge is -2.05. The molecule has 0 aliphatic rings. The van der Waals surface area contributed by atoms with Crippen LogP contribution in [0.15, 0.2) is 22.7 Å². The van der Waals surface area contributed by atoms with Gasteiger partial charge in [-0.3, -0.25) is 0 Å². The van der Waals surface area contributed by atoms with Crippen molar-refractivity contribution in [3.05, 3.63) is 34.1 Å². The standard InChI is InChI=1S/C15H22BrFO/c1-2-3-4-5-6-7-10-18-12-13-8-9-15(17)14(16)11-13/h8-9,11H,2-7,10,12H2,1H3. The third-order valence-electron chi connectivity index (χ3n) is 2.89. The van der Waals surface area contributed by atoms with Gasteiger partial charge in [0.25, 0.3) is 0 Å². The van der Waals surface area contributed by atoms with Crippen molar-refractivity contribution in [3.8, 4) is 0 Å². The summed E-state index contributed by atoms with van der Waals surface area (Å²) < 4.78 is 19.1. The topological polar surface area (TPSA) is 9.23 Å². The lowest BCUT2D eigenvalue weighted by Crippen LogP contribution is -1.96. The van der Waals surface area contributed by atoms with Crippen LogP contribution in [0.25, 0.3) is 0 Å². The Morgan fingerprint density at radius 1 is 1.11 bits per heavy atom. The van der Waals surface area contributed by atoms with Crippen LogP contribution in [0.4, 0.5) is 4.39 Å². The molecule has 1 aromatic rings. The summed E-state index contributed by atoms with van der Waals surface area (Å²) in [4.78, 5) is 0. The monoisotopic (exact) mass is 316 g/mol. The molecule has 0 saturated heterocycles. The van der Waals surface area contributed by atoms with Crippen molar-refractivity contribution >= 4 is 15.9 Å². The fourth-order valence-electron chi connectivity index (χ4n) is 1.80. The van der Waals surface area contributed by atoms with Crippen molar-refractivity contribution in [2.75, 3.05) is 6.61 Å². The quantitative estimate of drug-likeness (QED) is 0.549. The normalized spacial score (nSPS) is 10.8. The van der Waals surface area contributed by atoms with E-state index in [4.69, 9.17) is 4.74 Å². The Bertz CT molecular complexity index is 341. The summed E-state index contributed by atoms with van der Waals surface area (Å²) in [5.41, 5.74) is 1.01. The van der Waals surface area contributed by atoms with Gasteiger partial charge >= 0.3 is 0 Å². The van der Waals surface area contributed by atoms with Crippen molar-refractivity contribution in [2.45, 2.75) is 52.1 Å². The number of halogens is 2. The lowest BCUT2D eigenvalue weighted by molar-refractivity contribution is 0.116. The Morgan fingerprint density at radius 2 is 1.83 bits per heavy atom. The second-order valence-electron chi connectivity index (χ2n) is 4.57. The SMILES string of the molecule is CCCCCCCCOCc1ccc(F)c(Br)c1. The second kappa shape index (κ2) is 9.51. The van der Waals surface area contributed by atoms with E-state index in [1.807, 2.05) is 0 Å². The molecule has 0 bridgehead atoms. The summed E-state index contributed by atoms with van der Waals surface area (Å²) >= 11 is 3.17. The lowest BCUT2D eigenvalue weighted by atomic mass is 10.1. The molecule has 0 heterocycles. The van der Waals surface area contributed by atoms with E-state index in [1.165, 1.54) is 38.2 Å². The highest BCUT2D eigenvalue weighted by atomic mass is 79.9. The molecular weight excluding hydrogens is 295 g/mol. The van der Waals surface area contributed by atoms with E-state index in [9.17, 15) is 4.39 Å². The highest BCUT2D eigenvalue weighted by molar-refractivity contribution is 9.10. The zero-order valence-electron chi connectivity index (χ0n) is 11.1. The molecule has 0 atom stereocenters. The summed E-state index contributed by atoms with van der Waals surface area (Å²) in [5, 5.41) is 0. The Balaban J connectivity index is 2.05. The number of rotatable bonds is 9. The molecule has 0 aliphatic carbocycles. The van der Waals surface area contributed by atoms with Crippen molar-refractivity contribution in [2.24, 2.45) is 0 Å². The van der Waals surface area contributed by atoms with Crippen LogP contribution in [0.3, 0.4) is 0 Å². The minimum atomic E-state index is -0.227. The van der Waals surface area contributed by atoms with Crippen LogP contribution in [0.2, 0.25) is 0 Å². The summed E-state index contributed by atoms with van der Waals surface area (Å²) in [6.45, 7) is 3.58. The van der Waals surface area contributed by atoms with E-state index in [0.29, 0.717) is 11.1 Å². The number of hydrogen-bond acceptors (Lipinski definition) is 1. The van der Waals surface area contributed by atoms with Crippen molar-refractivity contribution in [1.82, 2.24) is 0 Å². The summed E-state index contributed by atoms with van der Waals surface area (Å²) in [6, 6.07) is 5.01. The zero-order chi connectivity index (χ0) is 13.2. The van der Waals surface area contributed by atoms with Crippen molar-refractivity contribution in [1.29, 1.82) is 0 Å². The van der Waals surface area contributed by atoms with Gasteiger partial charge in [0.2, 0.25) is 0 Å². The van der Waals surface area contributed by atoms with Gasteiger partial charge in [-0.2, -0.15) is 0 Å². The molecule has 0 saturated carbocycles. The molecule has 0 radical (unpaired) electrons. The number of ether oxygens (including phenoxy) is 1. The molecular formula is C15H22BrFO. The van der Waals surface area contributed by atoms with Crippen LogP contribution in [0.1, 0.15) is 51.0 Å². The first-order valence-electron chi connectivity index (χ1n) is 6.75. The number of hydrogen-bond donors (Lipinski definition) is 0. The van der Waals surface area contributed by atoms with Crippen LogP contribution in [-0.4, -0.2) is 6.61 Å². The maximum atomic E-state index is 13.0. The van der Waals surface area contributed by atoms with Gasteiger partial charge in [-0.1, -0.05) is 45.1 Å². The molecule has 1 rings (SSSR count). The van der Waals surface area contributed by atoms with Crippen LogP contribution in [0.5, 0.6) is 0 Å². The average Bonchev–Trinajstić information content (AvgIpc) is 2.37. The van der Waals surface area contributed by atoms with Gasteiger partial charge in [0.15, 0.2) is 0 Å². The van der Waals surface area contributed by atoms with Crippen LogP contribution >= 0.6 is 15.9 Å². The van der Waals surface area contributed by atoms with E-state index in [0.717, 1.165) is 18.6 Å². The summed E-state index contributed by atoms with van der Waals surface area (Å²) in [5.74, 6) is -0.227. The van der Waals surface area contributed by atoms with E-state index >= 15 is 0 Å². The number of unbranched alkanes of at least 4 members (excludes halogenated alkanes) is 5. The van der Waals surface area contributed by atoms with E-state index < -0.39 is 0 Å². The third kappa shape index (κ3) is 6.50. The van der Waals surface area contributed by atoms with Gasteiger partial charge in [-0.05, 0) is 40.0 Å². The molecule has 0 fully saturated rings. The fraction of sp³-hybridized carbons (Fsp3) is 0.600. The van der Waals surface area contributed by atoms with Crippen LogP contribution < -0.4 is 0 Å². The first-order valence-corrected chi connectivity index (χ1v) is 7.55. The third-order valence-corrected chi connectivity index (χ3v) is 3.50. The Morgan fingerprint density at radius 3 is 2.56 bits per heavy atom. The van der Waals surface area contributed by atoms with Gasteiger partial charge in [-0.15, -0.1) is 0 Å². The minimum absolute atomic E-state index is 0.227. The fourth-order valence-corrected chi connectivity index (χ4v) is 2.23. The van der Waals surface area contributed by atoms with E-state index in [-0.39, 0.29) is 5.82 Å². The molecule has 0 spiro atoms. The van der Waals surface area contributed by atoms with Crippen LogP contribution in [0, 0.1) is 5.82 Å². The Hall–Kier alpha value is -0.410. The maximum Gasteiger partial charge on any atom is 0.137 e.